The van der Waals surface area contributed by atoms with Gasteiger partial charge in [0.2, 0.25) is 5.91 Å². The van der Waals surface area contributed by atoms with Gasteiger partial charge in [0, 0.05) is 18.2 Å². The molecule has 1 aromatic carbocycles. The van der Waals surface area contributed by atoms with Crippen LogP contribution in [-0.4, -0.2) is 23.5 Å². The van der Waals surface area contributed by atoms with E-state index in [-0.39, 0.29) is 30.7 Å². The second-order valence-electron chi connectivity index (χ2n) is 6.29. The summed E-state index contributed by atoms with van der Waals surface area (Å²) in [5, 5.41) is 13.7. The lowest BCUT2D eigenvalue weighted by Crippen LogP contribution is -2.44. The number of nitro benzene ring substituents is 1. The van der Waals surface area contributed by atoms with Crippen LogP contribution in [0.2, 0.25) is 0 Å². The van der Waals surface area contributed by atoms with Gasteiger partial charge in [0.1, 0.15) is 5.75 Å². The van der Waals surface area contributed by atoms with Crippen LogP contribution < -0.4 is 10.1 Å². The topological polar surface area (TPSA) is 81.5 Å². The van der Waals surface area contributed by atoms with E-state index in [1.54, 1.807) is 12.1 Å². The van der Waals surface area contributed by atoms with Gasteiger partial charge in [-0.1, -0.05) is 26.7 Å². The summed E-state index contributed by atoms with van der Waals surface area (Å²) in [6, 6.07) is 6.12. The third kappa shape index (κ3) is 4.94. The van der Waals surface area contributed by atoms with Crippen LogP contribution in [0.25, 0.3) is 0 Å². The van der Waals surface area contributed by atoms with Gasteiger partial charge in [-0.05, 0) is 30.4 Å². The summed E-state index contributed by atoms with van der Waals surface area (Å²) in [5.74, 6) is 1.68. The van der Waals surface area contributed by atoms with Crippen molar-refractivity contribution in [2.24, 2.45) is 11.8 Å². The van der Waals surface area contributed by atoms with Crippen molar-refractivity contribution < 1.29 is 14.5 Å². The van der Waals surface area contributed by atoms with E-state index in [1.807, 2.05) is 0 Å². The van der Waals surface area contributed by atoms with Crippen molar-refractivity contribution in [3.05, 3.63) is 34.4 Å². The number of nitro groups is 1. The second kappa shape index (κ2) is 7.94. The molecule has 1 saturated carbocycles. The number of nitrogens with one attached hydrogen (secondary N) is 1. The Morgan fingerprint density at radius 2 is 2.00 bits per heavy atom. The first kappa shape index (κ1) is 17.2. The van der Waals surface area contributed by atoms with E-state index < -0.39 is 4.92 Å². The van der Waals surface area contributed by atoms with Gasteiger partial charge in [0.15, 0.2) is 0 Å². The van der Waals surface area contributed by atoms with Crippen molar-refractivity contribution in [1.82, 2.24) is 5.32 Å². The minimum Gasteiger partial charge on any atom is -0.493 e. The van der Waals surface area contributed by atoms with Crippen molar-refractivity contribution in [3.63, 3.8) is 0 Å². The molecule has 126 valence electrons. The fraction of sp³-hybridized carbons (Fsp3) is 0.588. The molecule has 0 aromatic heterocycles. The van der Waals surface area contributed by atoms with Crippen LogP contribution in [-0.2, 0) is 4.79 Å². The summed E-state index contributed by atoms with van der Waals surface area (Å²) < 4.78 is 5.47. The Balaban J connectivity index is 1.73. The Hall–Kier alpha value is -2.11. The zero-order valence-electron chi connectivity index (χ0n) is 13.7. The van der Waals surface area contributed by atoms with E-state index in [2.05, 4.69) is 19.2 Å². The largest absolute Gasteiger partial charge is 0.493 e. The summed E-state index contributed by atoms with van der Waals surface area (Å²) in [5.41, 5.74) is 0.0236. The normalized spacial score (nSPS) is 24.0. The Bertz CT molecular complexity index is 544. The number of carbonyl (C=O) groups is 1. The number of benzene rings is 1. The highest BCUT2D eigenvalue weighted by Gasteiger charge is 2.27. The number of ether oxygens (including phenoxy) is 1. The van der Waals surface area contributed by atoms with E-state index in [9.17, 15) is 14.9 Å². The summed E-state index contributed by atoms with van der Waals surface area (Å²) in [6.45, 7) is 4.70. The molecule has 23 heavy (non-hydrogen) atoms. The number of amides is 1. The first-order chi connectivity index (χ1) is 11.0. The molecule has 1 aliphatic carbocycles. The highest BCUT2D eigenvalue weighted by Crippen LogP contribution is 2.29. The molecule has 1 amide bonds. The van der Waals surface area contributed by atoms with Crippen molar-refractivity contribution in [1.29, 1.82) is 0 Å². The minimum atomic E-state index is -0.455. The fourth-order valence-electron chi connectivity index (χ4n) is 2.99. The third-order valence-electron chi connectivity index (χ3n) is 4.70. The minimum absolute atomic E-state index is 0.00198. The van der Waals surface area contributed by atoms with E-state index in [1.165, 1.54) is 18.6 Å². The van der Waals surface area contributed by atoms with Crippen molar-refractivity contribution in [2.75, 3.05) is 6.61 Å². The lowest BCUT2D eigenvalue weighted by Gasteiger charge is -2.34. The number of hydrogen-bond acceptors (Lipinski definition) is 4. The molecule has 0 aliphatic heterocycles. The van der Waals surface area contributed by atoms with Crippen LogP contribution in [0.1, 0.15) is 39.5 Å². The number of non-ortho nitro benzene ring substituents is 1. The molecular formula is C17H24N2O4. The molecule has 3 atom stereocenters. The maximum atomic E-state index is 12.0. The molecule has 0 bridgehead atoms. The number of nitrogens with zero attached hydrogens (tertiary/aromatic N) is 1. The fourth-order valence-corrected chi connectivity index (χ4v) is 2.99. The second-order valence-corrected chi connectivity index (χ2v) is 6.29. The molecule has 0 radical (unpaired) electrons. The summed E-state index contributed by atoms with van der Waals surface area (Å²) >= 11 is 0. The smallest absolute Gasteiger partial charge is 0.269 e. The van der Waals surface area contributed by atoms with E-state index in [0.717, 1.165) is 12.8 Å². The molecule has 0 saturated heterocycles. The Morgan fingerprint density at radius 1 is 1.30 bits per heavy atom. The molecule has 1 N–H and O–H groups in total. The van der Waals surface area contributed by atoms with Crippen LogP contribution in [0.15, 0.2) is 24.3 Å². The first-order valence-corrected chi connectivity index (χ1v) is 8.14. The van der Waals surface area contributed by atoms with E-state index in [0.29, 0.717) is 17.6 Å². The molecule has 2 rings (SSSR count). The summed E-state index contributed by atoms with van der Waals surface area (Å²) in [6.07, 6.45) is 3.72. The Kier molecular flexibility index (Phi) is 5.96. The van der Waals surface area contributed by atoms with Crippen molar-refractivity contribution >= 4 is 11.6 Å². The summed E-state index contributed by atoms with van der Waals surface area (Å²) in [7, 11) is 0. The van der Waals surface area contributed by atoms with Gasteiger partial charge in [0.05, 0.1) is 18.0 Å². The highest BCUT2D eigenvalue weighted by molar-refractivity contribution is 5.76. The maximum Gasteiger partial charge on any atom is 0.269 e. The molecule has 0 spiro atoms. The summed E-state index contributed by atoms with van der Waals surface area (Å²) in [4.78, 5) is 22.1. The molecule has 3 unspecified atom stereocenters. The molecule has 0 heterocycles. The predicted octanol–water partition coefficient (Wildman–Crippen LogP) is 3.30. The van der Waals surface area contributed by atoms with Crippen LogP contribution >= 0.6 is 0 Å². The molecule has 1 aliphatic rings. The van der Waals surface area contributed by atoms with Gasteiger partial charge in [-0.3, -0.25) is 14.9 Å². The van der Waals surface area contributed by atoms with Crippen LogP contribution in [0.3, 0.4) is 0 Å². The third-order valence-corrected chi connectivity index (χ3v) is 4.70. The average molecular weight is 320 g/mol. The zero-order valence-corrected chi connectivity index (χ0v) is 13.7. The molecule has 6 heteroatoms. The monoisotopic (exact) mass is 320 g/mol. The van der Waals surface area contributed by atoms with Crippen LogP contribution in [0.5, 0.6) is 5.75 Å². The predicted molar refractivity (Wildman–Crippen MR) is 87.3 cm³/mol. The quantitative estimate of drug-likeness (QED) is 0.644. The van der Waals surface area contributed by atoms with Gasteiger partial charge < -0.3 is 10.1 Å². The van der Waals surface area contributed by atoms with Crippen molar-refractivity contribution in [3.8, 4) is 5.75 Å². The zero-order chi connectivity index (χ0) is 16.8. The molecular weight excluding hydrogens is 296 g/mol. The number of carbonyl (C=O) groups excluding carboxylic acids is 1. The maximum absolute atomic E-state index is 12.0. The molecule has 1 fully saturated rings. The van der Waals surface area contributed by atoms with Gasteiger partial charge in [0.25, 0.3) is 5.69 Å². The van der Waals surface area contributed by atoms with E-state index >= 15 is 0 Å². The Morgan fingerprint density at radius 3 is 2.65 bits per heavy atom. The van der Waals surface area contributed by atoms with Gasteiger partial charge in [-0.15, -0.1) is 0 Å². The van der Waals surface area contributed by atoms with Crippen LogP contribution in [0, 0.1) is 22.0 Å². The van der Waals surface area contributed by atoms with Gasteiger partial charge in [-0.25, -0.2) is 0 Å². The van der Waals surface area contributed by atoms with Gasteiger partial charge >= 0.3 is 0 Å². The molecule has 6 nitrogen and oxygen atoms in total. The Labute approximate surface area is 136 Å². The number of hydrogen-bond donors (Lipinski definition) is 1. The van der Waals surface area contributed by atoms with Crippen molar-refractivity contribution in [2.45, 2.75) is 45.6 Å². The first-order valence-electron chi connectivity index (χ1n) is 8.14. The lowest BCUT2D eigenvalue weighted by molar-refractivity contribution is -0.384. The molecule has 1 aromatic rings. The lowest BCUT2D eigenvalue weighted by atomic mass is 9.78. The standard InChI is InChI=1S/C17H24N2O4/c1-12-4-3-5-16(13(12)2)18-17(20)10-11-23-15-8-6-14(7-9-15)19(21)22/h6-9,12-13,16H,3-5,10-11H2,1-2H3,(H,18,20). The number of rotatable bonds is 6. The van der Waals surface area contributed by atoms with Crippen LogP contribution in [0.4, 0.5) is 5.69 Å². The average Bonchev–Trinajstić information content (AvgIpc) is 2.52. The van der Waals surface area contributed by atoms with Gasteiger partial charge in [-0.2, -0.15) is 0 Å². The highest BCUT2D eigenvalue weighted by atomic mass is 16.6. The SMILES string of the molecule is CC1CCCC(NC(=O)CCOc2ccc([N+](=O)[O-])cc2)C1C. The van der Waals surface area contributed by atoms with E-state index in [4.69, 9.17) is 4.74 Å².